The van der Waals surface area contributed by atoms with Crippen molar-refractivity contribution in [2.24, 2.45) is 0 Å². The van der Waals surface area contributed by atoms with Gasteiger partial charge in [0.2, 0.25) is 0 Å². The predicted molar refractivity (Wildman–Crippen MR) is 79.5 cm³/mol. The lowest BCUT2D eigenvalue weighted by atomic mass is 9.99. The molecule has 0 spiro atoms. The molecule has 2 aliphatic rings. The molecule has 4 heteroatoms. The maximum Gasteiger partial charge on any atom is 0.0673 e. The summed E-state index contributed by atoms with van der Waals surface area (Å²) in [6.07, 6.45) is 3.51. The molecule has 0 unspecified atom stereocenters. The van der Waals surface area contributed by atoms with Crippen molar-refractivity contribution in [1.82, 2.24) is 15.1 Å². The molecule has 0 aromatic carbocycles. The summed E-state index contributed by atoms with van der Waals surface area (Å²) in [5, 5.41) is 3.43. The summed E-state index contributed by atoms with van der Waals surface area (Å²) >= 11 is 0. The summed E-state index contributed by atoms with van der Waals surface area (Å²) in [6.45, 7) is 13.6. The second kappa shape index (κ2) is 6.84. The molecule has 110 valence electrons. The van der Waals surface area contributed by atoms with Gasteiger partial charge in [-0.3, -0.25) is 9.80 Å². The monoisotopic (exact) mass is 267 g/mol. The van der Waals surface area contributed by atoms with E-state index in [4.69, 9.17) is 4.74 Å². The number of nitrogens with one attached hydrogen (secondary N) is 1. The second-order valence-electron chi connectivity index (χ2n) is 6.33. The first-order chi connectivity index (χ1) is 9.12. The number of ether oxygens (including phenoxy) is 1. The van der Waals surface area contributed by atoms with Gasteiger partial charge in [0.15, 0.2) is 0 Å². The number of hydrogen-bond donors (Lipinski definition) is 1. The van der Waals surface area contributed by atoms with Gasteiger partial charge in [-0.25, -0.2) is 0 Å². The Morgan fingerprint density at radius 3 is 2.58 bits per heavy atom. The van der Waals surface area contributed by atoms with Crippen molar-refractivity contribution < 1.29 is 4.74 Å². The molecule has 19 heavy (non-hydrogen) atoms. The molecule has 2 aliphatic heterocycles. The molecule has 2 rings (SSSR count). The molecule has 1 fully saturated rings. The van der Waals surface area contributed by atoms with Crippen LogP contribution in [0.4, 0.5) is 0 Å². The van der Waals surface area contributed by atoms with Crippen molar-refractivity contribution in [2.45, 2.75) is 25.8 Å². The molecule has 1 N–H and O–H groups in total. The first kappa shape index (κ1) is 15.0. The van der Waals surface area contributed by atoms with Gasteiger partial charge >= 0.3 is 0 Å². The molecule has 0 amide bonds. The van der Waals surface area contributed by atoms with Crippen LogP contribution in [0.5, 0.6) is 0 Å². The maximum absolute atomic E-state index is 5.21. The van der Waals surface area contributed by atoms with Gasteiger partial charge in [0.25, 0.3) is 0 Å². The van der Waals surface area contributed by atoms with Crippen LogP contribution in [0.25, 0.3) is 0 Å². The zero-order chi connectivity index (χ0) is 13.7. The van der Waals surface area contributed by atoms with Gasteiger partial charge in [0, 0.05) is 58.5 Å². The van der Waals surface area contributed by atoms with E-state index in [-0.39, 0.29) is 5.54 Å². The quantitative estimate of drug-likeness (QED) is 0.751. The summed E-state index contributed by atoms with van der Waals surface area (Å²) in [6, 6.07) is 0. The van der Waals surface area contributed by atoms with Gasteiger partial charge in [-0.15, -0.1) is 0 Å². The van der Waals surface area contributed by atoms with Crippen LogP contribution >= 0.6 is 0 Å². The summed E-state index contributed by atoms with van der Waals surface area (Å²) in [4.78, 5) is 5.19. The zero-order valence-corrected chi connectivity index (χ0v) is 12.7. The fourth-order valence-corrected chi connectivity index (χ4v) is 3.13. The van der Waals surface area contributed by atoms with Crippen molar-refractivity contribution in [3.8, 4) is 0 Å². The van der Waals surface area contributed by atoms with E-state index < -0.39 is 0 Å². The third-order valence-corrected chi connectivity index (χ3v) is 4.30. The molecule has 0 aromatic rings. The summed E-state index contributed by atoms with van der Waals surface area (Å²) in [7, 11) is 1.78. The van der Waals surface area contributed by atoms with Gasteiger partial charge in [-0.05, 0) is 25.8 Å². The SMILES string of the molecule is COCC1=CCN(CC(C)(C)N2CCNCC2)CC1. The molecule has 0 radical (unpaired) electrons. The van der Waals surface area contributed by atoms with E-state index in [0.29, 0.717) is 0 Å². The van der Waals surface area contributed by atoms with E-state index in [1.807, 2.05) is 0 Å². The summed E-state index contributed by atoms with van der Waals surface area (Å²) < 4.78 is 5.21. The third kappa shape index (κ3) is 4.28. The molecule has 0 aromatic heterocycles. The highest BCUT2D eigenvalue weighted by molar-refractivity contribution is 5.08. The van der Waals surface area contributed by atoms with Crippen molar-refractivity contribution in [2.75, 3.05) is 59.5 Å². The highest BCUT2D eigenvalue weighted by atomic mass is 16.5. The Bertz CT molecular complexity index is 309. The summed E-state index contributed by atoms with van der Waals surface area (Å²) in [5.41, 5.74) is 1.73. The highest BCUT2D eigenvalue weighted by Crippen LogP contribution is 2.19. The van der Waals surface area contributed by atoms with Crippen molar-refractivity contribution >= 4 is 0 Å². The van der Waals surface area contributed by atoms with Gasteiger partial charge in [-0.1, -0.05) is 6.08 Å². The Morgan fingerprint density at radius 1 is 1.26 bits per heavy atom. The minimum atomic E-state index is 0.273. The standard InChI is InChI=1S/C15H29N3O/c1-15(2,18-10-6-16-7-11-18)13-17-8-4-14(5-9-17)12-19-3/h4,16H,5-13H2,1-3H3. The molecule has 0 saturated carbocycles. The van der Waals surface area contributed by atoms with Crippen LogP contribution in [-0.2, 0) is 4.74 Å². The number of rotatable bonds is 5. The third-order valence-electron chi connectivity index (χ3n) is 4.30. The van der Waals surface area contributed by atoms with Crippen LogP contribution < -0.4 is 5.32 Å². The lowest BCUT2D eigenvalue weighted by molar-refractivity contribution is 0.0650. The molecule has 0 atom stereocenters. The highest BCUT2D eigenvalue weighted by Gasteiger charge is 2.30. The van der Waals surface area contributed by atoms with E-state index in [2.05, 4.69) is 35.0 Å². The average molecular weight is 267 g/mol. The Hall–Kier alpha value is -0.420. The number of methoxy groups -OCH3 is 1. The van der Waals surface area contributed by atoms with Crippen molar-refractivity contribution in [1.29, 1.82) is 0 Å². The number of hydrogen-bond acceptors (Lipinski definition) is 4. The minimum absolute atomic E-state index is 0.273. The first-order valence-electron chi connectivity index (χ1n) is 7.47. The van der Waals surface area contributed by atoms with Crippen LogP contribution in [0.2, 0.25) is 0 Å². The van der Waals surface area contributed by atoms with E-state index in [9.17, 15) is 0 Å². The Balaban J connectivity index is 1.83. The lowest BCUT2D eigenvalue weighted by Crippen LogP contribution is -2.58. The van der Waals surface area contributed by atoms with Crippen molar-refractivity contribution in [3.05, 3.63) is 11.6 Å². The average Bonchev–Trinajstić information content (AvgIpc) is 2.42. The van der Waals surface area contributed by atoms with Crippen molar-refractivity contribution in [3.63, 3.8) is 0 Å². The largest absolute Gasteiger partial charge is 0.380 e. The maximum atomic E-state index is 5.21. The molecule has 0 bridgehead atoms. The molecule has 1 saturated heterocycles. The van der Waals surface area contributed by atoms with E-state index in [1.54, 1.807) is 7.11 Å². The van der Waals surface area contributed by atoms with E-state index in [1.165, 1.54) is 25.2 Å². The molecule has 2 heterocycles. The lowest BCUT2D eigenvalue weighted by Gasteiger charge is -2.44. The fraction of sp³-hybridized carbons (Fsp3) is 0.867. The number of nitrogens with zero attached hydrogens (tertiary/aromatic N) is 2. The van der Waals surface area contributed by atoms with Gasteiger partial charge in [-0.2, -0.15) is 0 Å². The van der Waals surface area contributed by atoms with Crippen LogP contribution in [0, 0.1) is 0 Å². The van der Waals surface area contributed by atoms with Crippen LogP contribution in [0.1, 0.15) is 20.3 Å². The van der Waals surface area contributed by atoms with Crippen LogP contribution in [0.15, 0.2) is 11.6 Å². The van der Waals surface area contributed by atoms with Crippen LogP contribution in [-0.4, -0.2) is 74.9 Å². The molecule has 0 aliphatic carbocycles. The minimum Gasteiger partial charge on any atom is -0.380 e. The fourth-order valence-electron chi connectivity index (χ4n) is 3.13. The van der Waals surface area contributed by atoms with Gasteiger partial charge in [0.05, 0.1) is 6.61 Å². The predicted octanol–water partition coefficient (Wildman–Crippen LogP) is 0.949. The smallest absolute Gasteiger partial charge is 0.0673 e. The number of piperazine rings is 1. The van der Waals surface area contributed by atoms with Gasteiger partial charge in [0.1, 0.15) is 0 Å². The molecular weight excluding hydrogens is 238 g/mol. The normalized spacial score (nSPS) is 23.4. The molecular formula is C15H29N3O. The van der Waals surface area contributed by atoms with E-state index in [0.717, 1.165) is 39.2 Å². The Morgan fingerprint density at radius 2 is 2.00 bits per heavy atom. The van der Waals surface area contributed by atoms with Crippen LogP contribution in [0.3, 0.4) is 0 Å². The molecule has 4 nitrogen and oxygen atoms in total. The topological polar surface area (TPSA) is 27.7 Å². The Kier molecular flexibility index (Phi) is 5.39. The zero-order valence-electron chi connectivity index (χ0n) is 12.7. The van der Waals surface area contributed by atoms with Gasteiger partial charge < -0.3 is 10.1 Å². The summed E-state index contributed by atoms with van der Waals surface area (Å²) in [5.74, 6) is 0. The second-order valence-corrected chi connectivity index (χ2v) is 6.33. The Labute approximate surface area is 117 Å². The van der Waals surface area contributed by atoms with E-state index >= 15 is 0 Å². The first-order valence-corrected chi connectivity index (χ1v) is 7.47.